The van der Waals surface area contributed by atoms with Crippen LogP contribution in [0.15, 0.2) is 28.8 Å². The van der Waals surface area contributed by atoms with Crippen molar-refractivity contribution < 1.29 is 4.42 Å². The van der Waals surface area contributed by atoms with Crippen LogP contribution in [0.4, 0.5) is 11.7 Å². The van der Waals surface area contributed by atoms with Gasteiger partial charge in [0.05, 0.1) is 11.6 Å². The molecule has 0 aliphatic carbocycles. The second-order valence-electron chi connectivity index (χ2n) is 3.95. The first-order chi connectivity index (χ1) is 8.70. The number of fused-ring (bicyclic) bond motifs is 1. The van der Waals surface area contributed by atoms with E-state index in [4.69, 9.17) is 10.2 Å². The number of oxazole rings is 1. The third-order valence-electron chi connectivity index (χ3n) is 2.50. The summed E-state index contributed by atoms with van der Waals surface area (Å²) in [6.07, 6.45) is 1.85. The molecule has 3 N–H and O–H groups in total. The predicted molar refractivity (Wildman–Crippen MR) is 72.6 cm³/mol. The van der Waals surface area contributed by atoms with Gasteiger partial charge in [-0.15, -0.1) is 11.3 Å². The maximum Gasteiger partial charge on any atom is 0.295 e. The number of nitrogens with two attached hydrogens (primary N) is 1. The van der Waals surface area contributed by atoms with Crippen LogP contribution in [0.25, 0.3) is 11.1 Å². The largest absolute Gasteiger partial charge is 0.423 e. The molecule has 2 heterocycles. The highest BCUT2D eigenvalue weighted by atomic mass is 32.1. The minimum Gasteiger partial charge on any atom is -0.423 e. The first-order valence-corrected chi connectivity index (χ1v) is 6.33. The standard InChI is InChI=1S/C12H12N4OS/c1-7-14-5-9(18-7)6-15-12-16-10-3-2-8(13)4-11(10)17-12/h2-5H,6,13H2,1H3,(H,15,16). The Kier molecular flexibility index (Phi) is 2.64. The Balaban J connectivity index is 1.78. The zero-order valence-electron chi connectivity index (χ0n) is 9.80. The van der Waals surface area contributed by atoms with Crippen molar-refractivity contribution in [2.45, 2.75) is 13.5 Å². The van der Waals surface area contributed by atoms with Gasteiger partial charge >= 0.3 is 0 Å². The summed E-state index contributed by atoms with van der Waals surface area (Å²) in [5.74, 6) is 0. The number of hydrogen-bond donors (Lipinski definition) is 2. The Morgan fingerprint density at radius 3 is 3.11 bits per heavy atom. The minimum absolute atomic E-state index is 0.502. The molecule has 2 aromatic heterocycles. The summed E-state index contributed by atoms with van der Waals surface area (Å²) in [5.41, 5.74) is 7.85. The lowest BCUT2D eigenvalue weighted by Crippen LogP contribution is -1.96. The number of hydrogen-bond acceptors (Lipinski definition) is 6. The van der Waals surface area contributed by atoms with E-state index < -0.39 is 0 Å². The highest BCUT2D eigenvalue weighted by Gasteiger charge is 2.06. The molecule has 0 aliphatic rings. The molecule has 6 heteroatoms. The normalized spacial score (nSPS) is 10.9. The van der Waals surface area contributed by atoms with Gasteiger partial charge in [-0.1, -0.05) is 0 Å². The maximum absolute atomic E-state index is 5.69. The summed E-state index contributed by atoms with van der Waals surface area (Å²) in [6, 6.07) is 5.92. The number of aromatic nitrogens is 2. The van der Waals surface area contributed by atoms with E-state index in [1.54, 1.807) is 23.5 Å². The lowest BCUT2D eigenvalue weighted by molar-refractivity contribution is 0.615. The second kappa shape index (κ2) is 4.30. The van der Waals surface area contributed by atoms with Crippen LogP contribution in [-0.2, 0) is 6.54 Å². The average molecular weight is 260 g/mol. The molecule has 0 saturated carbocycles. The topological polar surface area (TPSA) is 77.0 Å². The average Bonchev–Trinajstić information content (AvgIpc) is 2.92. The van der Waals surface area contributed by atoms with E-state index in [9.17, 15) is 0 Å². The maximum atomic E-state index is 5.69. The fourth-order valence-electron chi connectivity index (χ4n) is 1.67. The van der Waals surface area contributed by atoms with Gasteiger partial charge in [-0.25, -0.2) is 4.98 Å². The Morgan fingerprint density at radius 1 is 1.44 bits per heavy atom. The molecule has 0 aliphatic heterocycles. The van der Waals surface area contributed by atoms with Gasteiger partial charge in [0.1, 0.15) is 5.52 Å². The minimum atomic E-state index is 0.502. The number of nitrogens with one attached hydrogen (secondary N) is 1. The molecule has 0 bridgehead atoms. The molecule has 5 nitrogen and oxygen atoms in total. The Hall–Kier alpha value is -2.08. The molecule has 0 atom stereocenters. The molecule has 3 aromatic rings. The molecule has 92 valence electrons. The van der Waals surface area contributed by atoms with Crippen LogP contribution in [0.2, 0.25) is 0 Å². The molecule has 0 fully saturated rings. The van der Waals surface area contributed by atoms with E-state index in [2.05, 4.69) is 15.3 Å². The van der Waals surface area contributed by atoms with Crippen LogP contribution in [-0.4, -0.2) is 9.97 Å². The van der Waals surface area contributed by atoms with E-state index in [1.807, 2.05) is 19.2 Å². The van der Waals surface area contributed by atoms with Gasteiger partial charge in [0, 0.05) is 22.8 Å². The monoisotopic (exact) mass is 260 g/mol. The summed E-state index contributed by atoms with van der Waals surface area (Å²) >= 11 is 1.65. The van der Waals surface area contributed by atoms with E-state index >= 15 is 0 Å². The van der Waals surface area contributed by atoms with Crippen LogP contribution >= 0.6 is 11.3 Å². The van der Waals surface area contributed by atoms with Gasteiger partial charge in [-0.2, -0.15) is 4.98 Å². The number of benzene rings is 1. The Bertz CT molecular complexity index is 688. The number of nitrogen functional groups attached to an aromatic ring is 1. The van der Waals surface area contributed by atoms with Crippen molar-refractivity contribution in [1.82, 2.24) is 9.97 Å². The third kappa shape index (κ3) is 2.14. The van der Waals surface area contributed by atoms with Gasteiger partial charge in [0.15, 0.2) is 5.58 Å². The zero-order chi connectivity index (χ0) is 12.5. The fraction of sp³-hybridized carbons (Fsp3) is 0.167. The summed E-state index contributed by atoms with van der Waals surface area (Å²) in [7, 11) is 0. The summed E-state index contributed by atoms with van der Waals surface area (Å²) in [5, 5.41) is 4.19. The highest BCUT2D eigenvalue weighted by molar-refractivity contribution is 7.11. The first-order valence-electron chi connectivity index (χ1n) is 5.52. The Labute approximate surface area is 108 Å². The predicted octanol–water partition coefficient (Wildman–Crippen LogP) is 2.79. The lowest BCUT2D eigenvalue weighted by atomic mass is 10.3. The molecule has 0 amide bonds. The summed E-state index contributed by atoms with van der Waals surface area (Å²) < 4.78 is 5.56. The lowest BCUT2D eigenvalue weighted by Gasteiger charge is -1.96. The van der Waals surface area contributed by atoms with E-state index in [1.165, 1.54) is 0 Å². The highest BCUT2D eigenvalue weighted by Crippen LogP contribution is 2.22. The Morgan fingerprint density at radius 2 is 2.33 bits per heavy atom. The van der Waals surface area contributed by atoms with Crippen LogP contribution < -0.4 is 11.1 Å². The van der Waals surface area contributed by atoms with Gasteiger partial charge in [-0.3, -0.25) is 0 Å². The number of nitrogens with zero attached hydrogens (tertiary/aromatic N) is 2. The van der Waals surface area contributed by atoms with Gasteiger partial charge in [-0.05, 0) is 19.1 Å². The van der Waals surface area contributed by atoms with Crippen LogP contribution in [0.5, 0.6) is 0 Å². The SMILES string of the molecule is Cc1ncc(CNc2nc3ccc(N)cc3o2)s1. The van der Waals surface area contributed by atoms with Crippen LogP contribution in [0, 0.1) is 6.92 Å². The second-order valence-corrected chi connectivity index (χ2v) is 5.26. The summed E-state index contributed by atoms with van der Waals surface area (Å²) in [4.78, 5) is 9.67. The quantitative estimate of drug-likeness (QED) is 0.708. The van der Waals surface area contributed by atoms with Crippen molar-refractivity contribution >= 4 is 34.1 Å². The molecule has 0 unspecified atom stereocenters. The van der Waals surface area contributed by atoms with Crippen molar-refractivity contribution in [3.63, 3.8) is 0 Å². The number of rotatable bonds is 3. The smallest absolute Gasteiger partial charge is 0.295 e. The molecule has 0 spiro atoms. The number of thiazole rings is 1. The van der Waals surface area contributed by atoms with Crippen LogP contribution in [0.3, 0.4) is 0 Å². The van der Waals surface area contributed by atoms with E-state index in [-0.39, 0.29) is 0 Å². The van der Waals surface area contributed by atoms with Crippen molar-refractivity contribution in [3.8, 4) is 0 Å². The number of anilines is 2. The van der Waals surface area contributed by atoms with E-state index in [0.29, 0.717) is 23.8 Å². The fourth-order valence-corrected chi connectivity index (χ4v) is 2.40. The number of aryl methyl sites for hydroxylation is 1. The summed E-state index contributed by atoms with van der Waals surface area (Å²) in [6.45, 7) is 2.64. The first kappa shape index (κ1) is 11.0. The van der Waals surface area contributed by atoms with Crippen molar-refractivity contribution in [1.29, 1.82) is 0 Å². The van der Waals surface area contributed by atoms with Crippen molar-refractivity contribution in [2.75, 3.05) is 11.1 Å². The molecule has 18 heavy (non-hydrogen) atoms. The molecule has 1 aromatic carbocycles. The molecular formula is C12H12N4OS. The van der Waals surface area contributed by atoms with Crippen LogP contribution in [0.1, 0.15) is 9.88 Å². The van der Waals surface area contributed by atoms with Gasteiger partial charge in [0.2, 0.25) is 0 Å². The van der Waals surface area contributed by atoms with Gasteiger partial charge < -0.3 is 15.5 Å². The zero-order valence-corrected chi connectivity index (χ0v) is 10.6. The van der Waals surface area contributed by atoms with E-state index in [0.717, 1.165) is 15.4 Å². The molecular weight excluding hydrogens is 248 g/mol. The molecule has 3 rings (SSSR count). The molecule has 0 radical (unpaired) electrons. The van der Waals surface area contributed by atoms with Crippen molar-refractivity contribution in [3.05, 3.63) is 34.3 Å². The van der Waals surface area contributed by atoms with Crippen molar-refractivity contribution in [2.24, 2.45) is 0 Å². The third-order valence-corrected chi connectivity index (χ3v) is 3.41. The van der Waals surface area contributed by atoms with Gasteiger partial charge in [0.25, 0.3) is 6.01 Å². The molecule has 0 saturated heterocycles.